The monoisotopic (exact) mass is 127 g/mol. The van der Waals surface area contributed by atoms with Crippen LogP contribution < -0.4 is 0 Å². The van der Waals surface area contributed by atoms with Crippen LogP contribution in [0.15, 0.2) is 0 Å². The van der Waals surface area contributed by atoms with Gasteiger partial charge in [0.05, 0.1) is 5.54 Å². The van der Waals surface area contributed by atoms with Crippen molar-refractivity contribution in [2.75, 3.05) is 20.0 Å². The van der Waals surface area contributed by atoms with E-state index in [2.05, 4.69) is 25.7 Å². The van der Waals surface area contributed by atoms with Gasteiger partial charge in [-0.15, -0.1) is 0 Å². The van der Waals surface area contributed by atoms with Crippen LogP contribution in [-0.2, 0) is 0 Å². The van der Waals surface area contributed by atoms with E-state index >= 15 is 0 Å². The SMILES string of the molecule is CC(C)(C)[N+]12CN(C1)C2. The molecule has 0 amide bonds. The van der Waals surface area contributed by atoms with Crippen LogP contribution in [0.25, 0.3) is 0 Å². The van der Waals surface area contributed by atoms with E-state index in [-0.39, 0.29) is 0 Å². The number of rotatable bonds is 0. The second kappa shape index (κ2) is 1.18. The Hall–Kier alpha value is -0.0800. The first-order chi connectivity index (χ1) is 4.04. The summed E-state index contributed by atoms with van der Waals surface area (Å²) in [5, 5.41) is 0. The van der Waals surface area contributed by atoms with E-state index in [0.717, 1.165) is 0 Å². The van der Waals surface area contributed by atoms with Crippen LogP contribution in [0.4, 0.5) is 0 Å². The Balaban J connectivity index is 2.13. The van der Waals surface area contributed by atoms with Gasteiger partial charge in [0.15, 0.2) is 0 Å². The number of hydrogen-bond donors (Lipinski definition) is 0. The van der Waals surface area contributed by atoms with Crippen LogP contribution in [0.1, 0.15) is 20.8 Å². The molecule has 0 unspecified atom stereocenters. The first-order valence-corrected chi connectivity index (χ1v) is 3.62. The smallest absolute Gasteiger partial charge is 0.146 e. The Morgan fingerprint density at radius 3 is 1.56 bits per heavy atom. The summed E-state index contributed by atoms with van der Waals surface area (Å²) in [5.74, 6) is 0. The van der Waals surface area contributed by atoms with E-state index in [9.17, 15) is 0 Å². The maximum Gasteiger partial charge on any atom is 0.146 e. The van der Waals surface area contributed by atoms with Gasteiger partial charge in [-0.05, 0) is 20.8 Å². The molecule has 0 aromatic rings. The first-order valence-electron chi connectivity index (χ1n) is 3.62. The lowest BCUT2D eigenvalue weighted by Gasteiger charge is -2.69. The number of hydrogen-bond acceptors (Lipinski definition) is 1. The standard InChI is InChI=1S/C7H15N2/c1-7(2,3)9-4-8(5-9)6-9/h4-6H2,1-3H3/q+1. The van der Waals surface area contributed by atoms with Crippen molar-refractivity contribution in [2.24, 2.45) is 0 Å². The Morgan fingerprint density at radius 1 is 1.11 bits per heavy atom. The van der Waals surface area contributed by atoms with Crippen LogP contribution in [0, 0.1) is 0 Å². The minimum atomic E-state index is 0.495. The number of nitrogens with zero attached hydrogens (tertiary/aromatic N) is 2. The maximum atomic E-state index is 2.48. The fraction of sp³-hybridized carbons (Fsp3) is 1.00. The summed E-state index contributed by atoms with van der Waals surface area (Å²) in [4.78, 5) is 2.48. The Morgan fingerprint density at radius 2 is 1.56 bits per heavy atom. The Bertz CT molecular complexity index is 128. The van der Waals surface area contributed by atoms with E-state index in [0.29, 0.717) is 5.54 Å². The average Bonchev–Trinajstić information content (AvgIpc) is 1.08. The van der Waals surface area contributed by atoms with Gasteiger partial charge in [0.25, 0.3) is 0 Å². The molecule has 0 aromatic carbocycles. The van der Waals surface area contributed by atoms with E-state index in [1.165, 1.54) is 24.5 Å². The fourth-order valence-corrected chi connectivity index (χ4v) is 1.66. The summed E-state index contributed by atoms with van der Waals surface area (Å²) in [5.41, 5.74) is 0.495. The van der Waals surface area contributed by atoms with E-state index in [1.54, 1.807) is 0 Å². The molecular weight excluding hydrogens is 112 g/mol. The minimum Gasteiger partial charge on any atom is -0.281 e. The third-order valence-electron chi connectivity index (χ3n) is 2.84. The molecule has 2 bridgehead atoms. The molecule has 0 atom stereocenters. The molecule has 3 aliphatic rings. The molecule has 3 rings (SSSR count). The lowest BCUT2D eigenvalue weighted by molar-refractivity contribution is -1.12. The van der Waals surface area contributed by atoms with Crippen molar-refractivity contribution in [3.63, 3.8) is 0 Å². The van der Waals surface area contributed by atoms with Gasteiger partial charge in [-0.1, -0.05) is 0 Å². The van der Waals surface area contributed by atoms with E-state index in [1.807, 2.05) is 0 Å². The first kappa shape index (κ1) is 5.69. The highest BCUT2D eigenvalue weighted by atomic mass is 15.8. The molecule has 0 spiro atoms. The second-order valence-corrected chi connectivity index (χ2v) is 4.41. The fourth-order valence-electron chi connectivity index (χ4n) is 1.66. The van der Waals surface area contributed by atoms with Crippen molar-refractivity contribution >= 4 is 0 Å². The third-order valence-corrected chi connectivity index (χ3v) is 2.84. The van der Waals surface area contributed by atoms with Crippen molar-refractivity contribution < 1.29 is 4.48 Å². The van der Waals surface area contributed by atoms with Crippen LogP contribution in [-0.4, -0.2) is 34.9 Å². The summed E-state index contributed by atoms with van der Waals surface area (Å²) in [7, 11) is 0. The molecule has 3 heterocycles. The predicted molar refractivity (Wildman–Crippen MR) is 36.5 cm³/mol. The molecule has 0 saturated carbocycles. The van der Waals surface area contributed by atoms with Gasteiger partial charge in [-0.25, -0.2) is 0 Å². The van der Waals surface area contributed by atoms with Crippen LogP contribution in [0.5, 0.6) is 0 Å². The van der Waals surface area contributed by atoms with Gasteiger partial charge in [0.1, 0.15) is 20.0 Å². The van der Waals surface area contributed by atoms with Gasteiger partial charge in [0, 0.05) is 0 Å². The third kappa shape index (κ3) is 0.485. The molecule has 3 fully saturated rings. The van der Waals surface area contributed by atoms with Crippen molar-refractivity contribution in [3.8, 4) is 0 Å². The normalized spacial score (nSPS) is 47.7. The molecule has 0 N–H and O–H groups in total. The molecule has 2 nitrogen and oxygen atoms in total. The Kier molecular flexibility index (Phi) is 0.746. The molecule has 0 radical (unpaired) electrons. The molecule has 3 aliphatic heterocycles. The summed E-state index contributed by atoms with van der Waals surface area (Å²) in [6.45, 7) is 10.9. The van der Waals surface area contributed by atoms with E-state index in [4.69, 9.17) is 0 Å². The highest BCUT2D eigenvalue weighted by molar-refractivity contribution is 4.76. The minimum absolute atomic E-state index is 0.495. The van der Waals surface area contributed by atoms with Crippen molar-refractivity contribution in [1.29, 1.82) is 0 Å². The van der Waals surface area contributed by atoms with E-state index < -0.39 is 0 Å². The zero-order chi connectivity index (χ0) is 6.70. The summed E-state index contributed by atoms with van der Waals surface area (Å²) in [6.07, 6.45) is 0. The van der Waals surface area contributed by atoms with Crippen molar-refractivity contribution in [2.45, 2.75) is 26.3 Å². The zero-order valence-corrected chi connectivity index (χ0v) is 6.52. The van der Waals surface area contributed by atoms with Crippen molar-refractivity contribution in [3.05, 3.63) is 0 Å². The molecular formula is C7H15N2+. The highest BCUT2D eigenvalue weighted by Gasteiger charge is 2.62. The van der Waals surface area contributed by atoms with Gasteiger partial charge < -0.3 is 0 Å². The van der Waals surface area contributed by atoms with Crippen LogP contribution in [0.2, 0.25) is 0 Å². The van der Waals surface area contributed by atoms with Gasteiger partial charge in [0.2, 0.25) is 0 Å². The lowest BCUT2D eigenvalue weighted by Crippen LogP contribution is -2.89. The van der Waals surface area contributed by atoms with Crippen molar-refractivity contribution in [1.82, 2.24) is 4.90 Å². The average molecular weight is 127 g/mol. The largest absolute Gasteiger partial charge is 0.281 e. The Labute approximate surface area is 56.6 Å². The predicted octanol–water partition coefficient (Wildman–Crippen LogP) is 0.803. The second-order valence-electron chi connectivity index (χ2n) is 4.41. The lowest BCUT2D eigenvalue weighted by atomic mass is 9.97. The molecule has 2 heteroatoms. The molecule has 52 valence electrons. The molecule has 3 saturated heterocycles. The van der Waals surface area contributed by atoms with Crippen LogP contribution >= 0.6 is 0 Å². The highest BCUT2D eigenvalue weighted by Crippen LogP contribution is 2.42. The van der Waals surface area contributed by atoms with Gasteiger partial charge in [-0.3, -0.25) is 4.48 Å². The quantitative estimate of drug-likeness (QED) is 0.435. The molecule has 0 aromatic heterocycles. The van der Waals surface area contributed by atoms with Gasteiger partial charge >= 0.3 is 0 Å². The summed E-state index contributed by atoms with van der Waals surface area (Å²) < 4.78 is 1.34. The maximum absolute atomic E-state index is 2.48. The zero-order valence-electron chi connectivity index (χ0n) is 6.52. The topological polar surface area (TPSA) is 3.24 Å². The molecule has 9 heavy (non-hydrogen) atoms. The summed E-state index contributed by atoms with van der Waals surface area (Å²) in [6, 6.07) is 0. The molecule has 0 aliphatic carbocycles. The summed E-state index contributed by atoms with van der Waals surface area (Å²) >= 11 is 0. The number of quaternary nitrogens is 1. The van der Waals surface area contributed by atoms with Gasteiger partial charge in [-0.2, -0.15) is 4.90 Å². The van der Waals surface area contributed by atoms with Crippen LogP contribution in [0.3, 0.4) is 0 Å².